The summed E-state index contributed by atoms with van der Waals surface area (Å²) in [6.45, 7) is 3.47. The number of hydrogen-bond acceptors (Lipinski definition) is 2. The van der Waals surface area contributed by atoms with Gasteiger partial charge >= 0.3 is 5.97 Å². The Hall–Kier alpha value is -1.64. The number of hydrogen-bond donors (Lipinski definition) is 1. The van der Waals surface area contributed by atoms with Gasteiger partial charge < -0.3 is 5.11 Å². The van der Waals surface area contributed by atoms with Crippen molar-refractivity contribution in [3.63, 3.8) is 0 Å². The normalized spacial score (nSPS) is 9.09. The number of pyridine rings is 1. The molecular weight excluding hydrogens is 142 g/mol. The summed E-state index contributed by atoms with van der Waals surface area (Å²) in [5.74, 6) is -1.03. The van der Waals surface area contributed by atoms with Gasteiger partial charge in [0.15, 0.2) is 5.69 Å². The molecule has 0 saturated carbocycles. The van der Waals surface area contributed by atoms with E-state index in [1.807, 2.05) is 0 Å². The van der Waals surface area contributed by atoms with Gasteiger partial charge in [0.25, 0.3) is 0 Å². The largest absolute Gasteiger partial charge is 0.476 e. The summed E-state index contributed by atoms with van der Waals surface area (Å²) < 4.78 is 0. The SMILES string of the molecule is C=Cc1cccnc1C(=O)O. The van der Waals surface area contributed by atoms with Crippen LogP contribution in [0.2, 0.25) is 0 Å². The van der Waals surface area contributed by atoms with Crippen molar-refractivity contribution in [2.45, 2.75) is 0 Å². The zero-order valence-electron chi connectivity index (χ0n) is 5.82. The van der Waals surface area contributed by atoms with Crippen LogP contribution in [0.15, 0.2) is 24.9 Å². The second-order valence-electron chi connectivity index (χ2n) is 1.95. The van der Waals surface area contributed by atoms with Crippen molar-refractivity contribution in [2.24, 2.45) is 0 Å². The fraction of sp³-hybridized carbons (Fsp3) is 0. The number of aromatic nitrogens is 1. The lowest BCUT2D eigenvalue weighted by Gasteiger charge is -1.96. The Kier molecular flexibility index (Phi) is 2.01. The molecule has 0 spiro atoms. The lowest BCUT2D eigenvalue weighted by molar-refractivity contribution is 0.0690. The second kappa shape index (κ2) is 2.96. The van der Waals surface area contributed by atoms with E-state index in [0.29, 0.717) is 5.56 Å². The monoisotopic (exact) mass is 149 g/mol. The van der Waals surface area contributed by atoms with Crippen LogP contribution >= 0.6 is 0 Å². The first-order valence-corrected chi connectivity index (χ1v) is 3.06. The summed E-state index contributed by atoms with van der Waals surface area (Å²) in [5.41, 5.74) is 0.586. The fourth-order valence-electron chi connectivity index (χ4n) is 0.761. The second-order valence-corrected chi connectivity index (χ2v) is 1.95. The molecule has 3 nitrogen and oxygen atoms in total. The molecular formula is C8H7NO2. The Labute approximate surface area is 64.0 Å². The molecule has 0 radical (unpaired) electrons. The van der Waals surface area contributed by atoms with Crippen molar-refractivity contribution in [1.82, 2.24) is 4.98 Å². The number of carbonyl (C=O) groups is 1. The molecule has 1 N–H and O–H groups in total. The maximum atomic E-state index is 10.5. The first-order valence-electron chi connectivity index (χ1n) is 3.06. The maximum absolute atomic E-state index is 10.5. The van der Waals surface area contributed by atoms with Crippen molar-refractivity contribution < 1.29 is 9.90 Å². The van der Waals surface area contributed by atoms with E-state index in [-0.39, 0.29) is 5.69 Å². The quantitative estimate of drug-likeness (QED) is 0.691. The maximum Gasteiger partial charge on any atom is 0.355 e. The van der Waals surface area contributed by atoms with Crippen LogP contribution in [-0.2, 0) is 0 Å². The summed E-state index contributed by atoms with van der Waals surface area (Å²) >= 11 is 0. The fourth-order valence-corrected chi connectivity index (χ4v) is 0.761. The Morgan fingerprint density at radius 1 is 1.73 bits per heavy atom. The van der Waals surface area contributed by atoms with E-state index in [4.69, 9.17) is 5.11 Å². The van der Waals surface area contributed by atoms with Gasteiger partial charge in [-0.05, 0) is 6.07 Å². The van der Waals surface area contributed by atoms with Gasteiger partial charge in [-0.25, -0.2) is 9.78 Å². The molecule has 11 heavy (non-hydrogen) atoms. The lowest BCUT2D eigenvalue weighted by Crippen LogP contribution is -2.01. The summed E-state index contributed by atoms with van der Waals surface area (Å²) in [5, 5.41) is 8.59. The van der Waals surface area contributed by atoms with Gasteiger partial charge in [-0.2, -0.15) is 0 Å². The van der Waals surface area contributed by atoms with Crippen LogP contribution in [-0.4, -0.2) is 16.1 Å². The Morgan fingerprint density at radius 2 is 2.45 bits per heavy atom. The van der Waals surface area contributed by atoms with Gasteiger partial charge in [-0.3, -0.25) is 0 Å². The van der Waals surface area contributed by atoms with Gasteiger partial charge in [0, 0.05) is 11.8 Å². The summed E-state index contributed by atoms with van der Waals surface area (Å²) in [6, 6.07) is 3.33. The van der Waals surface area contributed by atoms with E-state index in [2.05, 4.69) is 11.6 Å². The minimum absolute atomic E-state index is 0.0440. The summed E-state index contributed by atoms with van der Waals surface area (Å²) in [4.78, 5) is 14.1. The summed E-state index contributed by atoms with van der Waals surface area (Å²) in [7, 11) is 0. The van der Waals surface area contributed by atoms with Crippen molar-refractivity contribution in [3.05, 3.63) is 36.2 Å². The van der Waals surface area contributed by atoms with E-state index in [9.17, 15) is 4.79 Å². The molecule has 1 heterocycles. The highest BCUT2D eigenvalue weighted by Gasteiger charge is 2.06. The molecule has 0 atom stereocenters. The molecule has 0 aliphatic heterocycles. The van der Waals surface area contributed by atoms with Gasteiger partial charge in [0.1, 0.15) is 0 Å². The molecule has 1 aromatic rings. The highest BCUT2D eigenvalue weighted by Crippen LogP contribution is 2.05. The highest BCUT2D eigenvalue weighted by molar-refractivity contribution is 5.89. The van der Waals surface area contributed by atoms with Crippen LogP contribution in [0.4, 0.5) is 0 Å². The molecule has 0 aliphatic rings. The Balaban J connectivity index is 3.22. The number of nitrogens with zero attached hydrogens (tertiary/aromatic N) is 1. The van der Waals surface area contributed by atoms with E-state index in [0.717, 1.165) is 0 Å². The van der Waals surface area contributed by atoms with Crippen molar-refractivity contribution >= 4 is 12.0 Å². The Morgan fingerprint density at radius 3 is 2.91 bits per heavy atom. The summed E-state index contributed by atoms with van der Waals surface area (Å²) in [6.07, 6.45) is 2.91. The van der Waals surface area contributed by atoms with Crippen LogP contribution in [0.25, 0.3) is 6.08 Å². The van der Waals surface area contributed by atoms with Crippen LogP contribution in [0.3, 0.4) is 0 Å². The molecule has 1 aromatic heterocycles. The molecule has 56 valence electrons. The average Bonchev–Trinajstić information content (AvgIpc) is 2.04. The highest BCUT2D eigenvalue weighted by atomic mass is 16.4. The minimum atomic E-state index is -1.03. The number of carboxylic acid groups (broad SMARTS) is 1. The average molecular weight is 149 g/mol. The molecule has 3 heteroatoms. The van der Waals surface area contributed by atoms with Crippen molar-refractivity contribution in [3.8, 4) is 0 Å². The number of aromatic carboxylic acids is 1. The molecule has 0 saturated heterocycles. The lowest BCUT2D eigenvalue weighted by atomic mass is 10.2. The van der Waals surface area contributed by atoms with Gasteiger partial charge in [0.2, 0.25) is 0 Å². The van der Waals surface area contributed by atoms with Gasteiger partial charge in [-0.1, -0.05) is 18.7 Å². The third-order valence-electron chi connectivity index (χ3n) is 1.26. The topological polar surface area (TPSA) is 50.2 Å². The third kappa shape index (κ3) is 1.43. The van der Waals surface area contributed by atoms with Crippen LogP contribution < -0.4 is 0 Å². The van der Waals surface area contributed by atoms with Gasteiger partial charge in [-0.15, -0.1) is 0 Å². The van der Waals surface area contributed by atoms with E-state index in [1.165, 1.54) is 12.3 Å². The molecule has 0 aromatic carbocycles. The van der Waals surface area contributed by atoms with Crippen LogP contribution in [0.1, 0.15) is 16.1 Å². The Bertz CT molecular complexity index is 294. The number of rotatable bonds is 2. The zero-order valence-corrected chi connectivity index (χ0v) is 5.82. The third-order valence-corrected chi connectivity index (χ3v) is 1.26. The molecule has 0 aliphatic carbocycles. The predicted molar refractivity (Wildman–Crippen MR) is 41.3 cm³/mol. The molecule has 0 amide bonds. The van der Waals surface area contributed by atoms with E-state index in [1.54, 1.807) is 12.1 Å². The smallest absolute Gasteiger partial charge is 0.355 e. The van der Waals surface area contributed by atoms with Crippen molar-refractivity contribution in [1.29, 1.82) is 0 Å². The van der Waals surface area contributed by atoms with E-state index >= 15 is 0 Å². The molecule has 0 unspecified atom stereocenters. The first-order chi connectivity index (χ1) is 5.25. The van der Waals surface area contributed by atoms with E-state index < -0.39 is 5.97 Å². The molecule has 1 rings (SSSR count). The van der Waals surface area contributed by atoms with Gasteiger partial charge in [0.05, 0.1) is 0 Å². The first kappa shape index (κ1) is 7.47. The predicted octanol–water partition coefficient (Wildman–Crippen LogP) is 1.42. The number of carboxylic acids is 1. The standard InChI is InChI=1S/C8H7NO2/c1-2-6-4-3-5-9-7(6)8(10)11/h2-5H,1H2,(H,10,11). The molecule has 0 bridgehead atoms. The minimum Gasteiger partial charge on any atom is -0.476 e. The molecule has 0 fully saturated rings. The van der Waals surface area contributed by atoms with Crippen LogP contribution in [0.5, 0.6) is 0 Å². The van der Waals surface area contributed by atoms with Crippen LogP contribution in [0, 0.1) is 0 Å². The van der Waals surface area contributed by atoms with Crippen molar-refractivity contribution in [2.75, 3.05) is 0 Å². The zero-order chi connectivity index (χ0) is 8.27.